The molecule has 1 unspecified atom stereocenters. The van der Waals surface area contributed by atoms with Crippen LogP contribution in [0.3, 0.4) is 0 Å². The Labute approximate surface area is 191 Å². The lowest BCUT2D eigenvalue weighted by molar-refractivity contribution is 0.0841. The lowest BCUT2D eigenvalue weighted by atomic mass is 10.00. The molecule has 0 spiro atoms. The van der Waals surface area contributed by atoms with Gasteiger partial charge in [0.25, 0.3) is 5.91 Å². The number of nitrogens with one attached hydrogen (secondary N) is 1. The van der Waals surface area contributed by atoms with Gasteiger partial charge in [-0.1, -0.05) is 31.2 Å². The minimum Gasteiger partial charge on any atom is -0.490 e. The molecule has 1 atom stereocenters. The zero-order valence-corrected chi connectivity index (χ0v) is 19.0. The predicted octanol–water partition coefficient (Wildman–Crippen LogP) is 2.70. The Balaban J connectivity index is 1.19. The highest BCUT2D eigenvalue weighted by Gasteiger charge is 2.20. The van der Waals surface area contributed by atoms with Gasteiger partial charge in [-0.15, -0.1) is 0 Å². The van der Waals surface area contributed by atoms with Crippen molar-refractivity contribution in [3.63, 3.8) is 0 Å². The molecule has 4 rings (SSSR count). The molecule has 1 amide bonds. The van der Waals surface area contributed by atoms with Crippen LogP contribution in [-0.4, -0.2) is 72.3 Å². The second-order valence-corrected chi connectivity index (χ2v) is 8.89. The molecule has 0 saturated carbocycles. The highest BCUT2D eigenvalue weighted by molar-refractivity contribution is 5.94. The summed E-state index contributed by atoms with van der Waals surface area (Å²) in [6.45, 7) is 8.01. The van der Waals surface area contributed by atoms with Crippen LogP contribution in [0.2, 0.25) is 0 Å². The number of carbonyl (C=O) groups is 1. The molecule has 2 heterocycles. The van der Waals surface area contributed by atoms with E-state index in [2.05, 4.69) is 46.3 Å². The van der Waals surface area contributed by atoms with E-state index in [1.807, 2.05) is 12.1 Å². The molecule has 6 heteroatoms. The molecule has 2 aliphatic heterocycles. The van der Waals surface area contributed by atoms with E-state index in [0.717, 1.165) is 57.7 Å². The Bertz CT molecular complexity index is 878. The molecule has 32 heavy (non-hydrogen) atoms. The minimum absolute atomic E-state index is 0.171. The Hall–Kier alpha value is -2.41. The summed E-state index contributed by atoms with van der Waals surface area (Å²) in [4.78, 5) is 17.2. The molecular formula is C26H35N3O3. The smallest absolute Gasteiger partial charge is 0.251 e. The predicted molar refractivity (Wildman–Crippen MR) is 126 cm³/mol. The number of hydrogen-bond acceptors (Lipinski definition) is 5. The monoisotopic (exact) mass is 437 g/mol. The molecule has 2 aliphatic rings. The number of likely N-dealkylation sites (tertiary alicyclic amines) is 1. The van der Waals surface area contributed by atoms with Crippen molar-refractivity contribution in [2.45, 2.75) is 44.9 Å². The van der Waals surface area contributed by atoms with Crippen LogP contribution in [0.15, 0.2) is 48.5 Å². The number of carbonyl (C=O) groups excluding carboxylic acids is 1. The molecule has 0 radical (unpaired) electrons. The fourth-order valence-electron chi connectivity index (χ4n) is 4.61. The number of benzene rings is 2. The van der Waals surface area contributed by atoms with Gasteiger partial charge >= 0.3 is 0 Å². The topological polar surface area (TPSA) is 65.0 Å². The van der Waals surface area contributed by atoms with Crippen molar-refractivity contribution in [1.82, 2.24) is 15.1 Å². The Morgan fingerprint density at radius 2 is 1.78 bits per heavy atom. The molecular weight excluding hydrogens is 402 g/mol. The molecule has 0 aliphatic carbocycles. The van der Waals surface area contributed by atoms with Gasteiger partial charge in [0.1, 0.15) is 11.9 Å². The lowest BCUT2D eigenvalue weighted by Gasteiger charge is -2.31. The Kier molecular flexibility index (Phi) is 7.79. The van der Waals surface area contributed by atoms with E-state index in [1.54, 1.807) is 12.1 Å². The second kappa shape index (κ2) is 10.9. The van der Waals surface area contributed by atoms with Gasteiger partial charge in [-0.3, -0.25) is 9.69 Å². The first-order valence-corrected chi connectivity index (χ1v) is 11.8. The van der Waals surface area contributed by atoms with Crippen LogP contribution in [0.5, 0.6) is 5.75 Å². The number of piperidine rings is 1. The molecule has 172 valence electrons. The van der Waals surface area contributed by atoms with Gasteiger partial charge in [0, 0.05) is 44.8 Å². The van der Waals surface area contributed by atoms with E-state index in [0.29, 0.717) is 12.1 Å². The molecule has 2 aromatic rings. The molecule has 2 aromatic carbocycles. The highest BCUT2D eigenvalue weighted by atomic mass is 16.5. The fraction of sp³-hybridized carbons (Fsp3) is 0.500. The van der Waals surface area contributed by atoms with Gasteiger partial charge in [0.15, 0.2) is 0 Å². The minimum atomic E-state index is -0.596. The van der Waals surface area contributed by atoms with E-state index in [-0.39, 0.29) is 18.6 Å². The van der Waals surface area contributed by atoms with Gasteiger partial charge in [0.05, 0.1) is 6.10 Å². The van der Waals surface area contributed by atoms with Gasteiger partial charge in [0.2, 0.25) is 0 Å². The quantitative estimate of drug-likeness (QED) is 0.665. The van der Waals surface area contributed by atoms with Crippen LogP contribution in [0.1, 0.15) is 41.3 Å². The van der Waals surface area contributed by atoms with Crippen molar-refractivity contribution < 1.29 is 14.6 Å². The van der Waals surface area contributed by atoms with Gasteiger partial charge in [-0.05, 0) is 61.2 Å². The summed E-state index contributed by atoms with van der Waals surface area (Å²) in [7, 11) is 0. The molecule has 0 aromatic heterocycles. The first kappa shape index (κ1) is 22.8. The molecule has 0 bridgehead atoms. The Morgan fingerprint density at radius 3 is 2.50 bits per heavy atom. The van der Waals surface area contributed by atoms with Crippen LogP contribution >= 0.6 is 0 Å². The standard InChI is InChI=1S/C26H35N3O3/c1-2-28-15-12-25(13-16-28)32-24-9-7-21(8-10-24)26(31)27-17-23(30)19-29-14-11-20-5-3-4-6-22(20)18-29/h3-10,23,25,30H,2,11-19H2,1H3,(H,27,31). The molecule has 6 nitrogen and oxygen atoms in total. The second-order valence-electron chi connectivity index (χ2n) is 8.89. The normalized spacial score (nSPS) is 18.7. The number of aliphatic hydroxyl groups is 1. The number of nitrogens with zero attached hydrogens (tertiary/aromatic N) is 2. The van der Waals surface area contributed by atoms with Crippen molar-refractivity contribution in [1.29, 1.82) is 0 Å². The zero-order valence-electron chi connectivity index (χ0n) is 19.0. The van der Waals surface area contributed by atoms with Crippen LogP contribution < -0.4 is 10.1 Å². The highest BCUT2D eigenvalue weighted by Crippen LogP contribution is 2.20. The molecule has 2 N–H and O–H groups in total. The number of β-amino-alcohol motifs (C(OH)–C–C–N with tert-alkyl or cyclic N) is 1. The van der Waals surface area contributed by atoms with Gasteiger partial charge in [-0.25, -0.2) is 0 Å². The lowest BCUT2D eigenvalue weighted by Crippen LogP contribution is -2.42. The number of ether oxygens (including phenoxy) is 1. The number of aliphatic hydroxyl groups excluding tert-OH is 1. The average molecular weight is 438 g/mol. The third-order valence-electron chi connectivity index (χ3n) is 6.58. The summed E-state index contributed by atoms with van der Waals surface area (Å²) in [6.07, 6.45) is 2.73. The maximum Gasteiger partial charge on any atom is 0.251 e. The number of fused-ring (bicyclic) bond motifs is 1. The largest absolute Gasteiger partial charge is 0.490 e. The van der Waals surface area contributed by atoms with Gasteiger partial charge < -0.3 is 20.1 Å². The number of amides is 1. The Morgan fingerprint density at radius 1 is 1.06 bits per heavy atom. The van der Waals surface area contributed by atoms with Crippen molar-refractivity contribution in [3.05, 3.63) is 65.2 Å². The van der Waals surface area contributed by atoms with Crippen LogP contribution in [0.4, 0.5) is 0 Å². The maximum absolute atomic E-state index is 12.5. The van der Waals surface area contributed by atoms with Crippen LogP contribution in [0.25, 0.3) is 0 Å². The summed E-state index contributed by atoms with van der Waals surface area (Å²) in [5, 5.41) is 13.3. The zero-order chi connectivity index (χ0) is 22.3. The van der Waals surface area contributed by atoms with E-state index < -0.39 is 6.10 Å². The summed E-state index contributed by atoms with van der Waals surface area (Å²) >= 11 is 0. The van der Waals surface area contributed by atoms with Crippen LogP contribution in [0, 0.1) is 0 Å². The van der Waals surface area contributed by atoms with Crippen LogP contribution in [-0.2, 0) is 13.0 Å². The summed E-state index contributed by atoms with van der Waals surface area (Å²) < 4.78 is 6.09. The first-order valence-electron chi connectivity index (χ1n) is 11.8. The van der Waals surface area contributed by atoms with E-state index in [1.165, 1.54) is 11.1 Å². The van der Waals surface area contributed by atoms with Crippen molar-refractivity contribution in [3.8, 4) is 5.75 Å². The average Bonchev–Trinajstić information content (AvgIpc) is 2.83. The van der Waals surface area contributed by atoms with E-state index in [4.69, 9.17) is 4.74 Å². The van der Waals surface area contributed by atoms with Gasteiger partial charge in [-0.2, -0.15) is 0 Å². The van der Waals surface area contributed by atoms with E-state index in [9.17, 15) is 9.90 Å². The summed E-state index contributed by atoms with van der Waals surface area (Å²) in [6, 6.07) is 15.8. The van der Waals surface area contributed by atoms with Crippen molar-refractivity contribution in [2.75, 3.05) is 39.3 Å². The van der Waals surface area contributed by atoms with Crippen molar-refractivity contribution in [2.24, 2.45) is 0 Å². The van der Waals surface area contributed by atoms with Crippen molar-refractivity contribution >= 4 is 5.91 Å². The molecule has 1 fully saturated rings. The summed E-state index contributed by atoms with van der Waals surface area (Å²) in [5.41, 5.74) is 3.30. The SMILES string of the molecule is CCN1CCC(Oc2ccc(C(=O)NCC(O)CN3CCc4ccccc4C3)cc2)CC1. The molecule has 1 saturated heterocycles. The third-order valence-corrected chi connectivity index (χ3v) is 6.58. The maximum atomic E-state index is 12.5. The summed E-state index contributed by atoms with van der Waals surface area (Å²) in [5.74, 6) is 0.637. The first-order chi connectivity index (χ1) is 15.6. The fourth-order valence-corrected chi connectivity index (χ4v) is 4.61. The van der Waals surface area contributed by atoms with E-state index >= 15 is 0 Å². The number of rotatable bonds is 8. The third kappa shape index (κ3) is 6.09. The number of hydrogen-bond donors (Lipinski definition) is 2.